The number of nitrogens with zero attached hydrogens (tertiary/aromatic N) is 2. The second-order valence-electron chi connectivity index (χ2n) is 3.46. The number of thiazole rings is 1. The van der Waals surface area contributed by atoms with E-state index in [0.717, 1.165) is 17.8 Å². The molecule has 1 aromatic carbocycles. The van der Waals surface area contributed by atoms with Crippen LogP contribution in [0.5, 0.6) is 0 Å². The van der Waals surface area contributed by atoms with E-state index < -0.39 is 4.92 Å². The van der Waals surface area contributed by atoms with Crippen molar-refractivity contribution in [2.24, 2.45) is 0 Å². The van der Waals surface area contributed by atoms with Gasteiger partial charge in [0.25, 0.3) is 5.69 Å². The van der Waals surface area contributed by atoms with Gasteiger partial charge in [-0.2, -0.15) is 0 Å². The Bertz CT molecular complexity index is 499. The summed E-state index contributed by atoms with van der Waals surface area (Å²) in [5, 5.41) is 15.7. The maximum atomic E-state index is 10.6. The smallest absolute Gasteiger partial charge is 0.271 e. The maximum absolute atomic E-state index is 10.6. The molecule has 0 bridgehead atoms. The molecule has 0 fully saturated rings. The molecule has 88 valence electrons. The van der Waals surface area contributed by atoms with Crippen LogP contribution in [-0.2, 0) is 6.42 Å². The first-order valence-electron chi connectivity index (χ1n) is 5.11. The molecule has 1 N–H and O–H groups in total. The van der Waals surface area contributed by atoms with Crippen LogP contribution in [0.1, 0.15) is 5.69 Å². The molecule has 0 aliphatic carbocycles. The molecular weight excluding hydrogens is 238 g/mol. The molecule has 0 radical (unpaired) electrons. The van der Waals surface area contributed by atoms with Gasteiger partial charge in [-0.1, -0.05) is 6.07 Å². The summed E-state index contributed by atoms with van der Waals surface area (Å²) in [5.74, 6) is 0. The number of nitro benzene ring substituents is 1. The number of hydrogen-bond donors (Lipinski definition) is 1. The monoisotopic (exact) mass is 249 g/mol. The number of anilines is 1. The van der Waals surface area contributed by atoms with Crippen molar-refractivity contribution in [1.82, 2.24) is 4.98 Å². The average Bonchev–Trinajstić information content (AvgIpc) is 2.82. The van der Waals surface area contributed by atoms with Gasteiger partial charge in [-0.05, 0) is 6.07 Å². The minimum absolute atomic E-state index is 0.101. The van der Waals surface area contributed by atoms with Crippen LogP contribution in [0.25, 0.3) is 0 Å². The highest BCUT2D eigenvalue weighted by Crippen LogP contribution is 2.16. The summed E-state index contributed by atoms with van der Waals surface area (Å²) in [4.78, 5) is 14.3. The molecule has 0 spiro atoms. The molecule has 17 heavy (non-hydrogen) atoms. The Hall–Kier alpha value is -1.95. The number of rotatable bonds is 5. The lowest BCUT2D eigenvalue weighted by molar-refractivity contribution is -0.384. The van der Waals surface area contributed by atoms with E-state index in [0.29, 0.717) is 6.54 Å². The van der Waals surface area contributed by atoms with Crippen LogP contribution in [0.3, 0.4) is 0 Å². The average molecular weight is 249 g/mol. The topological polar surface area (TPSA) is 68.1 Å². The fourth-order valence-electron chi connectivity index (χ4n) is 1.43. The molecule has 0 atom stereocenters. The van der Waals surface area contributed by atoms with Crippen molar-refractivity contribution in [2.75, 3.05) is 11.9 Å². The zero-order valence-electron chi connectivity index (χ0n) is 9.00. The minimum Gasteiger partial charge on any atom is -0.384 e. The number of nitro groups is 1. The molecule has 1 heterocycles. The van der Waals surface area contributed by atoms with Crippen LogP contribution < -0.4 is 5.32 Å². The first-order valence-corrected chi connectivity index (χ1v) is 6.05. The molecule has 0 amide bonds. The van der Waals surface area contributed by atoms with Crippen LogP contribution >= 0.6 is 11.3 Å². The lowest BCUT2D eigenvalue weighted by atomic mass is 10.2. The van der Waals surface area contributed by atoms with Gasteiger partial charge in [-0.3, -0.25) is 10.1 Å². The van der Waals surface area contributed by atoms with Gasteiger partial charge < -0.3 is 5.32 Å². The van der Waals surface area contributed by atoms with Gasteiger partial charge in [0.2, 0.25) is 0 Å². The highest BCUT2D eigenvalue weighted by Gasteiger charge is 2.04. The summed E-state index contributed by atoms with van der Waals surface area (Å²) in [6, 6.07) is 6.49. The molecule has 6 heteroatoms. The standard InChI is InChI=1S/C11H11N3O2S/c15-14(16)11-3-1-2-9(6-11)12-5-4-10-7-17-8-13-10/h1-3,6-8,12H,4-5H2. The Kier molecular flexibility index (Phi) is 3.66. The van der Waals surface area contributed by atoms with E-state index in [-0.39, 0.29) is 5.69 Å². The van der Waals surface area contributed by atoms with E-state index in [9.17, 15) is 10.1 Å². The molecule has 1 aromatic heterocycles. The Balaban J connectivity index is 1.90. The van der Waals surface area contributed by atoms with Gasteiger partial charge in [-0.25, -0.2) is 4.98 Å². The second-order valence-corrected chi connectivity index (χ2v) is 4.18. The zero-order valence-corrected chi connectivity index (χ0v) is 9.81. The molecular formula is C11H11N3O2S. The van der Waals surface area contributed by atoms with Crippen molar-refractivity contribution in [2.45, 2.75) is 6.42 Å². The van der Waals surface area contributed by atoms with Crippen LogP contribution in [-0.4, -0.2) is 16.5 Å². The van der Waals surface area contributed by atoms with Gasteiger partial charge in [0.1, 0.15) is 0 Å². The lowest BCUT2D eigenvalue weighted by Crippen LogP contribution is -2.05. The van der Waals surface area contributed by atoms with E-state index in [4.69, 9.17) is 0 Å². The van der Waals surface area contributed by atoms with E-state index >= 15 is 0 Å². The van der Waals surface area contributed by atoms with Crippen molar-refractivity contribution >= 4 is 22.7 Å². The fourth-order valence-corrected chi connectivity index (χ4v) is 2.02. The Morgan fingerprint density at radius 2 is 2.35 bits per heavy atom. The van der Waals surface area contributed by atoms with Crippen LogP contribution in [0.2, 0.25) is 0 Å². The summed E-state index contributed by atoms with van der Waals surface area (Å²) in [6.07, 6.45) is 0.812. The van der Waals surface area contributed by atoms with Gasteiger partial charge in [-0.15, -0.1) is 11.3 Å². The highest BCUT2D eigenvalue weighted by atomic mass is 32.1. The number of benzene rings is 1. The molecule has 0 saturated carbocycles. The number of nitrogens with one attached hydrogen (secondary N) is 1. The molecule has 2 rings (SSSR count). The van der Waals surface area contributed by atoms with Gasteiger partial charge in [0.15, 0.2) is 0 Å². The van der Waals surface area contributed by atoms with E-state index in [1.165, 1.54) is 12.1 Å². The number of aromatic nitrogens is 1. The quantitative estimate of drug-likeness (QED) is 0.653. The van der Waals surface area contributed by atoms with Crippen LogP contribution in [0.4, 0.5) is 11.4 Å². The van der Waals surface area contributed by atoms with Crippen molar-refractivity contribution in [3.8, 4) is 0 Å². The van der Waals surface area contributed by atoms with Crippen molar-refractivity contribution in [3.63, 3.8) is 0 Å². The predicted octanol–water partition coefficient (Wildman–Crippen LogP) is 2.71. The lowest BCUT2D eigenvalue weighted by Gasteiger charge is -2.04. The molecule has 0 aliphatic heterocycles. The van der Waals surface area contributed by atoms with Gasteiger partial charge >= 0.3 is 0 Å². The largest absolute Gasteiger partial charge is 0.384 e. The SMILES string of the molecule is O=[N+]([O-])c1cccc(NCCc2cscn2)c1. The Morgan fingerprint density at radius 3 is 3.06 bits per heavy atom. The van der Waals surface area contributed by atoms with Gasteiger partial charge in [0.05, 0.1) is 16.1 Å². The normalized spacial score (nSPS) is 10.1. The van der Waals surface area contributed by atoms with E-state index in [2.05, 4.69) is 10.3 Å². The number of hydrogen-bond acceptors (Lipinski definition) is 5. The predicted molar refractivity (Wildman–Crippen MR) is 67.4 cm³/mol. The third-order valence-corrected chi connectivity index (χ3v) is 2.89. The summed E-state index contributed by atoms with van der Waals surface area (Å²) >= 11 is 1.56. The third kappa shape index (κ3) is 3.25. The molecule has 0 aliphatic rings. The maximum Gasteiger partial charge on any atom is 0.271 e. The fraction of sp³-hybridized carbons (Fsp3) is 0.182. The van der Waals surface area contributed by atoms with Crippen molar-refractivity contribution < 1.29 is 4.92 Å². The first-order chi connectivity index (χ1) is 8.25. The third-order valence-electron chi connectivity index (χ3n) is 2.25. The molecule has 5 nitrogen and oxygen atoms in total. The Labute approximate surface area is 102 Å². The Morgan fingerprint density at radius 1 is 1.47 bits per heavy atom. The second kappa shape index (κ2) is 5.40. The van der Waals surface area contributed by atoms with E-state index in [1.54, 1.807) is 22.9 Å². The highest BCUT2D eigenvalue weighted by molar-refractivity contribution is 7.07. The summed E-state index contributed by atoms with van der Waals surface area (Å²) in [6.45, 7) is 0.713. The molecule has 0 saturated heterocycles. The minimum atomic E-state index is -0.397. The molecule has 0 unspecified atom stereocenters. The van der Waals surface area contributed by atoms with Gasteiger partial charge in [0, 0.05) is 36.2 Å². The van der Waals surface area contributed by atoms with Crippen LogP contribution in [0, 0.1) is 10.1 Å². The number of non-ortho nitro benzene ring substituents is 1. The first kappa shape index (κ1) is 11.5. The van der Waals surface area contributed by atoms with Crippen molar-refractivity contribution in [3.05, 3.63) is 51.0 Å². The van der Waals surface area contributed by atoms with Crippen LogP contribution in [0.15, 0.2) is 35.2 Å². The summed E-state index contributed by atoms with van der Waals surface area (Å²) < 4.78 is 0. The zero-order chi connectivity index (χ0) is 12.1. The van der Waals surface area contributed by atoms with E-state index in [1.807, 2.05) is 11.4 Å². The summed E-state index contributed by atoms with van der Waals surface area (Å²) in [7, 11) is 0. The summed E-state index contributed by atoms with van der Waals surface area (Å²) in [5.41, 5.74) is 3.69. The van der Waals surface area contributed by atoms with Crippen molar-refractivity contribution in [1.29, 1.82) is 0 Å². The molecule has 2 aromatic rings.